The summed E-state index contributed by atoms with van der Waals surface area (Å²) in [6.45, 7) is 6.67. The Balaban J connectivity index is 0.000000277. The van der Waals surface area contributed by atoms with Gasteiger partial charge in [-0.15, -0.1) is 0 Å². The van der Waals surface area contributed by atoms with Crippen molar-refractivity contribution in [3.8, 4) is 17.2 Å². The molecule has 0 fully saturated rings. The number of nitrogens with two attached hydrogens (primary N) is 2. The number of halogens is 2. The van der Waals surface area contributed by atoms with Crippen LogP contribution in [-0.2, 0) is 0 Å². The minimum absolute atomic E-state index is 0.131. The summed E-state index contributed by atoms with van der Waals surface area (Å²) in [4.78, 5) is 0. The van der Waals surface area contributed by atoms with Crippen molar-refractivity contribution in [2.24, 2.45) is 0 Å². The predicted molar refractivity (Wildman–Crippen MR) is 114 cm³/mol. The van der Waals surface area contributed by atoms with E-state index in [1.165, 1.54) is 0 Å². The number of benzene rings is 2. The summed E-state index contributed by atoms with van der Waals surface area (Å²) < 4.78 is 16.0. The molecule has 0 spiro atoms. The largest absolute Gasteiger partial charge is 0.495 e. The van der Waals surface area contributed by atoms with Crippen LogP contribution < -0.4 is 25.7 Å². The lowest BCUT2D eigenvalue weighted by Crippen LogP contribution is -2.05. The van der Waals surface area contributed by atoms with Crippen LogP contribution in [-0.4, -0.2) is 19.8 Å². The van der Waals surface area contributed by atoms with E-state index in [2.05, 4.69) is 6.92 Å². The van der Waals surface area contributed by atoms with Crippen molar-refractivity contribution in [3.63, 3.8) is 0 Å². The lowest BCUT2D eigenvalue weighted by molar-refractivity contribution is 0.242. The van der Waals surface area contributed by atoms with Gasteiger partial charge in [0.05, 0.1) is 35.6 Å². The molecule has 0 saturated heterocycles. The molecular formula is C20H28Cl2N2O3. The van der Waals surface area contributed by atoms with Gasteiger partial charge in [0, 0.05) is 11.8 Å². The minimum atomic E-state index is 0.131. The third-order valence-corrected chi connectivity index (χ3v) is 3.95. The molecule has 0 unspecified atom stereocenters. The highest BCUT2D eigenvalue weighted by molar-refractivity contribution is 6.32. The van der Waals surface area contributed by atoms with Crippen LogP contribution in [0.4, 0.5) is 11.4 Å². The molecule has 0 bridgehead atoms. The fourth-order valence-corrected chi connectivity index (χ4v) is 2.51. The topological polar surface area (TPSA) is 79.7 Å². The smallest absolute Gasteiger partial charge is 0.145 e. The van der Waals surface area contributed by atoms with Gasteiger partial charge in [-0.2, -0.15) is 0 Å². The molecule has 0 radical (unpaired) electrons. The highest BCUT2D eigenvalue weighted by Gasteiger charge is 2.07. The molecule has 0 aliphatic rings. The molecule has 0 saturated carbocycles. The van der Waals surface area contributed by atoms with Crippen molar-refractivity contribution >= 4 is 34.6 Å². The Morgan fingerprint density at radius 3 is 2.19 bits per heavy atom. The van der Waals surface area contributed by atoms with Gasteiger partial charge in [0.25, 0.3) is 0 Å². The van der Waals surface area contributed by atoms with Crippen molar-refractivity contribution < 1.29 is 14.2 Å². The summed E-state index contributed by atoms with van der Waals surface area (Å²) in [7, 11) is 1.56. The van der Waals surface area contributed by atoms with Crippen molar-refractivity contribution in [3.05, 3.63) is 40.4 Å². The molecule has 4 N–H and O–H groups in total. The van der Waals surface area contributed by atoms with E-state index in [0.29, 0.717) is 45.3 Å². The van der Waals surface area contributed by atoms with Crippen LogP contribution in [0.5, 0.6) is 17.2 Å². The Labute approximate surface area is 171 Å². The second-order valence-electron chi connectivity index (χ2n) is 6.08. The van der Waals surface area contributed by atoms with Crippen molar-refractivity contribution in [1.29, 1.82) is 0 Å². The summed E-state index contributed by atoms with van der Waals surface area (Å²) >= 11 is 11.8. The van der Waals surface area contributed by atoms with Crippen LogP contribution in [0.2, 0.25) is 10.0 Å². The van der Waals surface area contributed by atoms with Crippen LogP contribution >= 0.6 is 23.2 Å². The van der Waals surface area contributed by atoms with Gasteiger partial charge in [0.1, 0.15) is 17.2 Å². The zero-order valence-corrected chi connectivity index (χ0v) is 17.7. The van der Waals surface area contributed by atoms with Crippen molar-refractivity contribution in [2.45, 2.75) is 39.7 Å². The molecular weight excluding hydrogens is 387 g/mol. The number of ether oxygens (including phenoxy) is 3. The minimum Gasteiger partial charge on any atom is -0.495 e. The van der Waals surface area contributed by atoms with E-state index in [9.17, 15) is 0 Å². The third kappa shape index (κ3) is 8.06. The van der Waals surface area contributed by atoms with Gasteiger partial charge < -0.3 is 25.7 Å². The van der Waals surface area contributed by atoms with Gasteiger partial charge in [-0.05, 0) is 44.5 Å². The van der Waals surface area contributed by atoms with E-state index in [-0.39, 0.29) is 6.10 Å². The first-order valence-electron chi connectivity index (χ1n) is 8.75. The maximum Gasteiger partial charge on any atom is 0.145 e. The van der Waals surface area contributed by atoms with E-state index < -0.39 is 0 Å². The van der Waals surface area contributed by atoms with Gasteiger partial charge in [0.15, 0.2) is 0 Å². The van der Waals surface area contributed by atoms with Crippen LogP contribution in [0.15, 0.2) is 30.3 Å². The van der Waals surface area contributed by atoms with Crippen LogP contribution in [0.1, 0.15) is 33.6 Å². The molecule has 5 nitrogen and oxygen atoms in total. The summed E-state index contributed by atoms with van der Waals surface area (Å²) in [6.07, 6.45) is 2.22. The fraction of sp³-hybridized carbons (Fsp3) is 0.400. The molecule has 0 aromatic heterocycles. The maximum atomic E-state index is 5.90. The lowest BCUT2D eigenvalue weighted by atomic mass is 10.2. The van der Waals surface area contributed by atoms with Gasteiger partial charge in [-0.25, -0.2) is 0 Å². The van der Waals surface area contributed by atoms with E-state index in [1.807, 2.05) is 13.8 Å². The Kier molecular flexibility index (Phi) is 9.97. The molecule has 27 heavy (non-hydrogen) atoms. The van der Waals surface area contributed by atoms with Gasteiger partial charge >= 0.3 is 0 Å². The number of hydrogen-bond acceptors (Lipinski definition) is 5. The SMILES string of the molecule is CC(C)Oc1ccc(N)cc1Cl.CCCCOc1cc(OC)c(Cl)cc1N. The van der Waals surface area contributed by atoms with Crippen molar-refractivity contribution in [1.82, 2.24) is 0 Å². The average molecular weight is 415 g/mol. The second-order valence-corrected chi connectivity index (χ2v) is 6.90. The van der Waals surface area contributed by atoms with Crippen LogP contribution in [0, 0.1) is 0 Å². The molecule has 0 aliphatic carbocycles. The molecule has 0 aliphatic heterocycles. The van der Waals surface area contributed by atoms with E-state index >= 15 is 0 Å². The lowest BCUT2D eigenvalue weighted by Gasteiger charge is -2.11. The second kappa shape index (κ2) is 11.7. The monoisotopic (exact) mass is 414 g/mol. The first kappa shape index (κ1) is 23.1. The Hall–Kier alpha value is -1.98. The van der Waals surface area contributed by atoms with Crippen LogP contribution in [0.25, 0.3) is 0 Å². The average Bonchev–Trinajstić information content (AvgIpc) is 2.60. The molecule has 0 amide bonds. The number of methoxy groups -OCH3 is 1. The standard InChI is InChI=1S/C11H16ClNO2.C9H12ClNO/c1-3-4-5-15-11-7-10(14-2)8(12)6-9(11)13;1-6(2)12-9-4-3-7(11)5-8(9)10/h6-7H,3-5,13H2,1-2H3;3-6H,11H2,1-2H3. The molecule has 2 aromatic carbocycles. The molecule has 7 heteroatoms. The molecule has 0 heterocycles. The molecule has 0 atom stereocenters. The van der Waals surface area contributed by atoms with E-state index in [1.54, 1.807) is 37.4 Å². The summed E-state index contributed by atoms with van der Waals surface area (Å²) in [6, 6.07) is 8.58. The third-order valence-electron chi connectivity index (χ3n) is 3.36. The zero-order chi connectivity index (χ0) is 20.4. The fourth-order valence-electron chi connectivity index (χ4n) is 2.02. The Morgan fingerprint density at radius 1 is 0.963 bits per heavy atom. The maximum absolute atomic E-state index is 5.90. The summed E-state index contributed by atoms with van der Waals surface area (Å²) in [5.41, 5.74) is 12.5. The molecule has 2 aromatic rings. The normalized spacial score (nSPS) is 10.2. The van der Waals surface area contributed by atoms with Gasteiger partial charge in [-0.1, -0.05) is 36.5 Å². The highest BCUT2D eigenvalue weighted by Crippen LogP contribution is 2.34. The van der Waals surface area contributed by atoms with Gasteiger partial charge in [0.2, 0.25) is 0 Å². The Morgan fingerprint density at radius 2 is 1.63 bits per heavy atom. The van der Waals surface area contributed by atoms with Gasteiger partial charge in [-0.3, -0.25) is 0 Å². The summed E-state index contributed by atoms with van der Waals surface area (Å²) in [5, 5.41) is 1.06. The molecule has 150 valence electrons. The Bertz CT molecular complexity index is 725. The number of unbranched alkanes of at least 4 members (excludes halogenated alkanes) is 1. The van der Waals surface area contributed by atoms with Crippen molar-refractivity contribution in [2.75, 3.05) is 25.2 Å². The first-order chi connectivity index (χ1) is 12.8. The highest BCUT2D eigenvalue weighted by atomic mass is 35.5. The number of hydrogen-bond donors (Lipinski definition) is 2. The zero-order valence-electron chi connectivity index (χ0n) is 16.2. The quantitative estimate of drug-likeness (QED) is 0.440. The number of nitrogen functional groups attached to an aromatic ring is 2. The first-order valence-corrected chi connectivity index (χ1v) is 9.51. The van der Waals surface area contributed by atoms with E-state index in [0.717, 1.165) is 12.8 Å². The summed E-state index contributed by atoms with van der Waals surface area (Å²) in [5.74, 6) is 1.89. The van der Waals surface area contributed by atoms with Crippen LogP contribution in [0.3, 0.4) is 0 Å². The number of rotatable bonds is 7. The number of anilines is 2. The predicted octanol–water partition coefficient (Wildman–Crippen LogP) is 5.82. The van der Waals surface area contributed by atoms with E-state index in [4.69, 9.17) is 48.9 Å². The molecule has 2 rings (SSSR count).